The number of piperazine rings is 1. The molecule has 2 aliphatic heterocycles. The van der Waals surface area contributed by atoms with Crippen LogP contribution in [-0.4, -0.2) is 46.0 Å². The van der Waals surface area contributed by atoms with Crippen molar-refractivity contribution in [2.75, 3.05) is 24.5 Å². The van der Waals surface area contributed by atoms with Crippen LogP contribution in [-0.2, 0) is 11.4 Å². The van der Waals surface area contributed by atoms with E-state index in [0.717, 1.165) is 51.7 Å². The molecule has 3 heterocycles. The van der Waals surface area contributed by atoms with Gasteiger partial charge in [-0.2, -0.15) is 4.98 Å². The van der Waals surface area contributed by atoms with Gasteiger partial charge in [-0.1, -0.05) is 37.3 Å². The van der Waals surface area contributed by atoms with Crippen molar-refractivity contribution in [3.05, 3.63) is 88.1 Å². The van der Waals surface area contributed by atoms with Crippen molar-refractivity contribution in [3.8, 4) is 22.6 Å². The maximum Gasteiger partial charge on any atom is 0.354 e. The summed E-state index contributed by atoms with van der Waals surface area (Å²) in [6.07, 6.45) is 4.67. The summed E-state index contributed by atoms with van der Waals surface area (Å²) in [4.78, 5) is 35.3. The van der Waals surface area contributed by atoms with Gasteiger partial charge in [0.15, 0.2) is 5.75 Å². The molecular weight excluding hydrogens is 562 g/mol. The molecule has 0 bridgehead atoms. The first-order valence-electron chi connectivity index (χ1n) is 14.9. The lowest BCUT2D eigenvalue weighted by Crippen LogP contribution is -2.54. The topological polar surface area (TPSA) is 67.7 Å². The average Bonchev–Trinajstić information content (AvgIpc) is 2.98. The second-order valence-electron chi connectivity index (χ2n) is 11.8. The summed E-state index contributed by atoms with van der Waals surface area (Å²) in [5, 5.41) is 1.28. The van der Waals surface area contributed by atoms with Crippen LogP contribution in [0.3, 0.4) is 0 Å². The molecule has 220 valence electrons. The number of aryl methyl sites for hydroxylation is 1. The van der Waals surface area contributed by atoms with Crippen LogP contribution in [0.5, 0.6) is 5.75 Å². The number of nitrogens with zero attached hydrogens (tertiary/aromatic N) is 4. The summed E-state index contributed by atoms with van der Waals surface area (Å²) < 4.78 is 23.2. The maximum atomic E-state index is 14.9. The SMILES string of the molecule is C=CC(=O)N1CCN(c2nc(=O)n(-c3ccccc3C3CCC3)c3c4c(c(C)cc23)-c2c(ccc(F)c2P)CO4)[C@@H](C)C1. The minimum Gasteiger partial charge on any atom is -0.486 e. The van der Waals surface area contributed by atoms with E-state index in [1.54, 1.807) is 15.5 Å². The normalized spacial score (nSPS) is 18.1. The summed E-state index contributed by atoms with van der Waals surface area (Å²) in [5.41, 5.74) is 5.57. The number of amides is 1. The number of ether oxygens (including phenoxy) is 1. The minimum atomic E-state index is -0.392. The van der Waals surface area contributed by atoms with Crippen molar-refractivity contribution in [2.45, 2.75) is 51.7 Å². The van der Waals surface area contributed by atoms with E-state index in [0.29, 0.717) is 47.9 Å². The van der Waals surface area contributed by atoms with Crippen LogP contribution in [0.1, 0.15) is 48.8 Å². The Hall–Kier alpha value is -4.03. The predicted molar refractivity (Wildman–Crippen MR) is 171 cm³/mol. The maximum absolute atomic E-state index is 14.9. The third-order valence-electron chi connectivity index (χ3n) is 9.32. The zero-order valence-electron chi connectivity index (χ0n) is 24.4. The largest absolute Gasteiger partial charge is 0.486 e. The third kappa shape index (κ3) is 4.37. The molecule has 1 amide bonds. The fraction of sp³-hybridized carbons (Fsp3) is 0.324. The highest BCUT2D eigenvalue weighted by atomic mass is 31.0. The summed E-state index contributed by atoms with van der Waals surface area (Å²) in [7, 11) is 2.56. The monoisotopic (exact) mass is 596 g/mol. The third-order valence-corrected chi connectivity index (χ3v) is 9.88. The van der Waals surface area contributed by atoms with Crippen molar-refractivity contribution in [1.82, 2.24) is 14.5 Å². The van der Waals surface area contributed by atoms with Gasteiger partial charge in [-0.3, -0.25) is 9.36 Å². The zero-order valence-corrected chi connectivity index (χ0v) is 25.6. The Morgan fingerprint density at radius 2 is 1.95 bits per heavy atom. The number of carbonyl (C=O) groups excluding carboxylic acids is 1. The molecule has 1 saturated carbocycles. The first-order valence-corrected chi connectivity index (χ1v) is 15.4. The van der Waals surface area contributed by atoms with Crippen LogP contribution < -0.4 is 20.6 Å². The number of fused-ring (bicyclic) bond motifs is 5. The lowest BCUT2D eigenvalue weighted by Gasteiger charge is -2.41. The highest BCUT2D eigenvalue weighted by Crippen LogP contribution is 2.47. The van der Waals surface area contributed by atoms with Crippen molar-refractivity contribution in [2.24, 2.45) is 0 Å². The second-order valence-corrected chi connectivity index (χ2v) is 12.4. The fourth-order valence-electron chi connectivity index (χ4n) is 6.92. The highest BCUT2D eigenvalue weighted by molar-refractivity contribution is 7.28. The summed E-state index contributed by atoms with van der Waals surface area (Å²) in [6, 6.07) is 13.3. The molecule has 9 heteroatoms. The minimum absolute atomic E-state index is 0.0865. The quantitative estimate of drug-likeness (QED) is 0.234. The van der Waals surface area contributed by atoms with Gasteiger partial charge in [-0.15, -0.1) is 9.24 Å². The summed E-state index contributed by atoms with van der Waals surface area (Å²) >= 11 is 0. The van der Waals surface area contributed by atoms with E-state index in [4.69, 9.17) is 9.72 Å². The van der Waals surface area contributed by atoms with Gasteiger partial charge in [0.2, 0.25) is 5.91 Å². The van der Waals surface area contributed by atoms with Crippen molar-refractivity contribution >= 4 is 37.2 Å². The first kappa shape index (κ1) is 27.8. The highest BCUT2D eigenvalue weighted by Gasteiger charge is 2.33. The number of hydrogen-bond acceptors (Lipinski definition) is 5. The van der Waals surface area contributed by atoms with Crippen LogP contribution in [0.25, 0.3) is 27.7 Å². The number of hydrogen-bond donors (Lipinski definition) is 0. The Kier molecular flexibility index (Phi) is 6.85. The van der Waals surface area contributed by atoms with Crippen molar-refractivity contribution in [3.63, 3.8) is 0 Å². The van der Waals surface area contributed by atoms with Crippen molar-refractivity contribution < 1.29 is 13.9 Å². The fourth-order valence-corrected chi connectivity index (χ4v) is 7.35. The van der Waals surface area contributed by atoms with E-state index in [9.17, 15) is 14.0 Å². The van der Waals surface area contributed by atoms with Gasteiger partial charge in [0.05, 0.1) is 5.69 Å². The van der Waals surface area contributed by atoms with Gasteiger partial charge in [0, 0.05) is 47.5 Å². The Bertz CT molecular complexity index is 1880. The molecule has 0 N–H and O–H groups in total. The molecule has 0 spiro atoms. The van der Waals surface area contributed by atoms with E-state index >= 15 is 0 Å². The molecule has 2 fully saturated rings. The smallest absolute Gasteiger partial charge is 0.354 e. The number of carbonyl (C=O) groups is 1. The van der Waals surface area contributed by atoms with Gasteiger partial charge in [0.1, 0.15) is 23.8 Å². The molecule has 3 aliphatic rings. The predicted octanol–water partition coefficient (Wildman–Crippen LogP) is 5.38. The standard InChI is InChI=1S/C34H34FN4O3P/c1-4-27(40)37-14-15-38(20(3)17-37)33-24-16-19(2)28-29-22(12-13-25(35)32(29)43)18-42-31(28)30(24)39(34(41)36-33)26-11-6-5-10-23(26)21-8-7-9-21/h4-6,10-13,16,20-21H,1,7-9,14-15,17-18,43H2,2-3H3/t20-/m0/s1. The van der Waals surface area contributed by atoms with Crippen LogP contribution in [0.15, 0.2) is 59.9 Å². The van der Waals surface area contributed by atoms with E-state index in [1.165, 1.54) is 18.6 Å². The summed E-state index contributed by atoms with van der Waals surface area (Å²) in [5.74, 6) is 1.10. The molecule has 7 nitrogen and oxygen atoms in total. The number of benzene rings is 3. The van der Waals surface area contributed by atoms with Gasteiger partial charge in [-0.25, -0.2) is 9.18 Å². The van der Waals surface area contributed by atoms with E-state index < -0.39 is 5.69 Å². The molecule has 0 radical (unpaired) electrons. The molecule has 1 aromatic heterocycles. The number of rotatable bonds is 4. The number of aromatic nitrogens is 2. The van der Waals surface area contributed by atoms with Crippen LogP contribution in [0.2, 0.25) is 0 Å². The van der Waals surface area contributed by atoms with Gasteiger partial charge >= 0.3 is 5.69 Å². The lowest BCUT2D eigenvalue weighted by molar-refractivity contribution is -0.126. The summed E-state index contributed by atoms with van der Waals surface area (Å²) in [6.45, 7) is 9.44. The zero-order chi connectivity index (χ0) is 30.0. The Morgan fingerprint density at radius 3 is 2.67 bits per heavy atom. The molecule has 4 aromatic rings. The first-order chi connectivity index (χ1) is 20.8. The molecule has 3 aromatic carbocycles. The molecule has 2 atom stereocenters. The molecular formula is C34H34FN4O3P. The number of anilines is 1. The number of para-hydroxylation sites is 1. The van der Waals surface area contributed by atoms with E-state index in [2.05, 4.69) is 32.9 Å². The Morgan fingerprint density at radius 1 is 1.16 bits per heavy atom. The Labute approximate surface area is 252 Å². The molecule has 43 heavy (non-hydrogen) atoms. The Balaban J connectivity index is 1.53. The number of halogens is 1. The van der Waals surface area contributed by atoms with Crippen LogP contribution >= 0.6 is 9.24 Å². The van der Waals surface area contributed by atoms with Crippen LogP contribution in [0, 0.1) is 12.7 Å². The molecule has 1 aliphatic carbocycles. The average molecular weight is 597 g/mol. The van der Waals surface area contributed by atoms with Gasteiger partial charge < -0.3 is 14.5 Å². The molecule has 1 saturated heterocycles. The second kappa shape index (κ2) is 10.6. The van der Waals surface area contributed by atoms with E-state index in [1.807, 2.05) is 32.0 Å². The lowest BCUT2D eigenvalue weighted by atomic mass is 9.79. The van der Waals surface area contributed by atoms with Gasteiger partial charge in [-0.05, 0) is 73.6 Å². The van der Waals surface area contributed by atoms with Gasteiger partial charge in [0.25, 0.3) is 0 Å². The molecule has 7 rings (SSSR count). The van der Waals surface area contributed by atoms with Crippen LogP contribution in [0.4, 0.5) is 10.2 Å². The molecule has 1 unspecified atom stereocenters. The van der Waals surface area contributed by atoms with E-state index in [-0.39, 0.29) is 24.4 Å². The van der Waals surface area contributed by atoms with Crippen molar-refractivity contribution in [1.29, 1.82) is 0 Å².